The van der Waals surface area contributed by atoms with Crippen molar-refractivity contribution in [3.8, 4) is 0 Å². The van der Waals surface area contributed by atoms with Gasteiger partial charge in [-0.05, 0) is 39.3 Å². The second-order valence-electron chi connectivity index (χ2n) is 3.57. The highest BCUT2D eigenvalue weighted by atomic mass is 16.3. The molecule has 0 unspecified atom stereocenters. The van der Waals surface area contributed by atoms with Gasteiger partial charge >= 0.3 is 0 Å². The topological polar surface area (TPSA) is 23.5 Å². The molecule has 0 aromatic carbocycles. The van der Waals surface area contributed by atoms with Gasteiger partial charge in [0.1, 0.15) is 0 Å². The van der Waals surface area contributed by atoms with Crippen LogP contribution in [0.4, 0.5) is 0 Å². The molecule has 0 aromatic rings. The Balaban J connectivity index is 2.24. The highest BCUT2D eigenvalue weighted by Gasteiger charge is 2.22. The maximum absolute atomic E-state index is 9.41. The first-order chi connectivity index (χ1) is 5.24. The molecule has 0 amide bonds. The first kappa shape index (κ1) is 9.01. The van der Waals surface area contributed by atoms with Gasteiger partial charge in [-0.2, -0.15) is 0 Å². The van der Waals surface area contributed by atoms with E-state index in [1.807, 2.05) is 6.92 Å². The highest BCUT2D eigenvalue weighted by molar-refractivity contribution is 4.78. The van der Waals surface area contributed by atoms with Crippen LogP contribution in [0.25, 0.3) is 0 Å². The molecule has 0 saturated carbocycles. The van der Waals surface area contributed by atoms with Crippen LogP contribution in [0, 0.1) is 0 Å². The van der Waals surface area contributed by atoms with Gasteiger partial charge in [-0.25, -0.2) is 0 Å². The number of rotatable bonds is 3. The number of hydrogen-bond donors (Lipinski definition) is 1. The van der Waals surface area contributed by atoms with Gasteiger partial charge in [-0.1, -0.05) is 6.92 Å². The molecule has 0 aliphatic carbocycles. The second kappa shape index (κ2) is 4.07. The average Bonchev–Trinajstić information content (AvgIpc) is 2.37. The molecule has 2 heteroatoms. The van der Waals surface area contributed by atoms with Gasteiger partial charge in [-0.3, -0.25) is 0 Å². The predicted molar refractivity (Wildman–Crippen MR) is 46.6 cm³/mol. The van der Waals surface area contributed by atoms with Gasteiger partial charge < -0.3 is 10.0 Å². The minimum absolute atomic E-state index is 0.0828. The Morgan fingerprint density at radius 2 is 2.36 bits per heavy atom. The van der Waals surface area contributed by atoms with Crippen LogP contribution in [0.1, 0.15) is 32.6 Å². The van der Waals surface area contributed by atoms with Crippen molar-refractivity contribution in [3.05, 3.63) is 0 Å². The Morgan fingerprint density at radius 1 is 1.64 bits per heavy atom. The summed E-state index contributed by atoms with van der Waals surface area (Å²) in [4.78, 5) is 2.36. The number of aliphatic hydroxyl groups is 1. The maximum atomic E-state index is 9.41. The zero-order valence-corrected chi connectivity index (χ0v) is 7.58. The summed E-state index contributed by atoms with van der Waals surface area (Å²) in [5, 5.41) is 9.41. The monoisotopic (exact) mass is 157 g/mol. The Morgan fingerprint density at radius 3 is 2.82 bits per heavy atom. The van der Waals surface area contributed by atoms with E-state index in [0.717, 1.165) is 12.8 Å². The molecule has 1 fully saturated rings. The summed E-state index contributed by atoms with van der Waals surface area (Å²) in [5.74, 6) is 0. The second-order valence-corrected chi connectivity index (χ2v) is 3.57. The summed E-state index contributed by atoms with van der Waals surface area (Å²) >= 11 is 0. The van der Waals surface area contributed by atoms with Crippen molar-refractivity contribution in [1.82, 2.24) is 4.90 Å². The molecule has 1 saturated heterocycles. The molecule has 0 radical (unpaired) electrons. The molecule has 11 heavy (non-hydrogen) atoms. The number of hydrogen-bond acceptors (Lipinski definition) is 2. The molecule has 0 aromatic heterocycles. The van der Waals surface area contributed by atoms with E-state index in [0.29, 0.717) is 6.04 Å². The lowest BCUT2D eigenvalue weighted by Crippen LogP contribution is -2.28. The lowest BCUT2D eigenvalue weighted by Gasteiger charge is -2.21. The van der Waals surface area contributed by atoms with E-state index in [9.17, 15) is 5.11 Å². The Bertz CT molecular complexity index is 116. The van der Waals surface area contributed by atoms with E-state index in [-0.39, 0.29) is 6.10 Å². The van der Waals surface area contributed by atoms with Crippen molar-refractivity contribution in [3.63, 3.8) is 0 Å². The van der Waals surface area contributed by atoms with Gasteiger partial charge in [0, 0.05) is 6.04 Å². The fraction of sp³-hybridized carbons (Fsp3) is 1.00. The molecule has 0 spiro atoms. The van der Waals surface area contributed by atoms with Crippen molar-refractivity contribution in [1.29, 1.82) is 0 Å². The van der Waals surface area contributed by atoms with Gasteiger partial charge in [0.25, 0.3) is 0 Å². The molecule has 0 bridgehead atoms. The van der Waals surface area contributed by atoms with Crippen LogP contribution >= 0.6 is 0 Å². The van der Waals surface area contributed by atoms with Crippen molar-refractivity contribution in [2.45, 2.75) is 44.8 Å². The Kier molecular flexibility index (Phi) is 3.34. The number of nitrogens with zero attached hydrogens (tertiary/aromatic N) is 1. The SMILES string of the molecule is CC[C@H](O)C[C@@H]1CCCN1C. The third-order valence-corrected chi connectivity index (χ3v) is 2.69. The van der Waals surface area contributed by atoms with Crippen LogP contribution in [0.5, 0.6) is 0 Å². The molecular weight excluding hydrogens is 138 g/mol. The first-order valence-electron chi connectivity index (χ1n) is 4.62. The summed E-state index contributed by atoms with van der Waals surface area (Å²) in [6, 6.07) is 0.643. The third-order valence-electron chi connectivity index (χ3n) is 2.69. The number of aliphatic hydroxyl groups excluding tert-OH is 1. The van der Waals surface area contributed by atoms with Crippen molar-refractivity contribution < 1.29 is 5.11 Å². The molecule has 2 nitrogen and oxygen atoms in total. The highest BCUT2D eigenvalue weighted by Crippen LogP contribution is 2.19. The molecule has 1 aliphatic heterocycles. The summed E-state index contributed by atoms with van der Waals surface area (Å²) in [7, 11) is 2.15. The molecule has 1 N–H and O–H groups in total. The van der Waals surface area contributed by atoms with Crippen LogP contribution in [0.3, 0.4) is 0 Å². The van der Waals surface area contributed by atoms with E-state index in [1.165, 1.54) is 19.4 Å². The van der Waals surface area contributed by atoms with Crippen molar-refractivity contribution >= 4 is 0 Å². The van der Waals surface area contributed by atoms with Crippen LogP contribution in [0.15, 0.2) is 0 Å². The molecular formula is C9H19NO. The Labute approximate surface area is 69.2 Å². The lowest BCUT2D eigenvalue weighted by atomic mass is 10.1. The summed E-state index contributed by atoms with van der Waals surface area (Å²) < 4.78 is 0. The predicted octanol–water partition coefficient (Wildman–Crippen LogP) is 1.24. The molecule has 1 heterocycles. The standard InChI is InChI=1S/C9H19NO/c1-3-9(11)7-8-5-4-6-10(8)2/h8-9,11H,3-7H2,1-2H3/t8-,9-/m0/s1. The number of likely N-dealkylation sites (tertiary alicyclic amines) is 1. The van der Waals surface area contributed by atoms with Crippen LogP contribution in [-0.2, 0) is 0 Å². The van der Waals surface area contributed by atoms with E-state index in [2.05, 4.69) is 11.9 Å². The van der Waals surface area contributed by atoms with Gasteiger partial charge in [0.05, 0.1) is 6.10 Å². The smallest absolute Gasteiger partial charge is 0.0552 e. The summed E-state index contributed by atoms with van der Waals surface area (Å²) in [5.41, 5.74) is 0. The Hall–Kier alpha value is -0.0800. The lowest BCUT2D eigenvalue weighted by molar-refractivity contribution is 0.125. The quantitative estimate of drug-likeness (QED) is 0.666. The van der Waals surface area contributed by atoms with E-state index in [1.54, 1.807) is 0 Å². The summed E-state index contributed by atoms with van der Waals surface area (Å²) in [6.45, 7) is 3.25. The van der Waals surface area contributed by atoms with Crippen molar-refractivity contribution in [2.75, 3.05) is 13.6 Å². The largest absolute Gasteiger partial charge is 0.393 e. The molecule has 1 rings (SSSR count). The molecule has 2 atom stereocenters. The van der Waals surface area contributed by atoms with E-state index < -0.39 is 0 Å². The van der Waals surface area contributed by atoms with Crippen LogP contribution < -0.4 is 0 Å². The normalized spacial score (nSPS) is 29.2. The van der Waals surface area contributed by atoms with E-state index >= 15 is 0 Å². The van der Waals surface area contributed by atoms with Crippen LogP contribution in [0.2, 0.25) is 0 Å². The van der Waals surface area contributed by atoms with Crippen molar-refractivity contribution in [2.24, 2.45) is 0 Å². The van der Waals surface area contributed by atoms with E-state index in [4.69, 9.17) is 0 Å². The third kappa shape index (κ3) is 2.46. The first-order valence-corrected chi connectivity index (χ1v) is 4.62. The fourth-order valence-corrected chi connectivity index (χ4v) is 1.76. The maximum Gasteiger partial charge on any atom is 0.0552 e. The minimum atomic E-state index is -0.0828. The van der Waals surface area contributed by atoms with Gasteiger partial charge in [0.2, 0.25) is 0 Å². The van der Waals surface area contributed by atoms with Gasteiger partial charge in [0.15, 0.2) is 0 Å². The summed E-state index contributed by atoms with van der Waals surface area (Å²) in [6.07, 6.45) is 4.35. The zero-order valence-electron chi connectivity index (χ0n) is 7.58. The fourth-order valence-electron chi connectivity index (χ4n) is 1.76. The molecule has 1 aliphatic rings. The molecule has 66 valence electrons. The van der Waals surface area contributed by atoms with Crippen LogP contribution in [-0.4, -0.2) is 35.7 Å². The average molecular weight is 157 g/mol. The zero-order chi connectivity index (χ0) is 8.27. The minimum Gasteiger partial charge on any atom is -0.393 e. The van der Waals surface area contributed by atoms with Gasteiger partial charge in [-0.15, -0.1) is 0 Å².